The number of piperidine rings is 1. The number of benzene rings is 1. The SMILES string of the molecule is Cc1c(N)cccc1-c1ccc(C(=O)N2[C@@H](C)CCC[C@@H]2C)o1. The second kappa shape index (κ2) is 6.11. The van der Waals surface area contributed by atoms with Crippen LogP contribution in [0.4, 0.5) is 5.69 Å². The topological polar surface area (TPSA) is 59.5 Å². The van der Waals surface area contributed by atoms with Crippen molar-refractivity contribution in [1.82, 2.24) is 4.90 Å². The third-order valence-corrected chi connectivity index (χ3v) is 4.89. The number of furan rings is 1. The van der Waals surface area contributed by atoms with E-state index in [0.717, 1.165) is 29.7 Å². The van der Waals surface area contributed by atoms with Crippen molar-refractivity contribution in [2.45, 2.75) is 52.1 Å². The number of rotatable bonds is 2. The third-order valence-electron chi connectivity index (χ3n) is 4.89. The molecule has 0 saturated carbocycles. The first-order valence-electron chi connectivity index (χ1n) is 8.27. The zero-order valence-corrected chi connectivity index (χ0v) is 14.0. The molecule has 0 spiro atoms. The molecule has 1 saturated heterocycles. The fraction of sp³-hybridized carbons (Fsp3) is 0.421. The van der Waals surface area contributed by atoms with Crippen LogP contribution in [0, 0.1) is 6.92 Å². The maximum absolute atomic E-state index is 12.8. The summed E-state index contributed by atoms with van der Waals surface area (Å²) in [6.07, 6.45) is 3.29. The average molecular weight is 312 g/mol. The van der Waals surface area contributed by atoms with E-state index in [-0.39, 0.29) is 18.0 Å². The lowest BCUT2D eigenvalue weighted by molar-refractivity contribution is 0.0479. The summed E-state index contributed by atoms with van der Waals surface area (Å²) < 4.78 is 5.87. The summed E-state index contributed by atoms with van der Waals surface area (Å²) >= 11 is 0. The van der Waals surface area contributed by atoms with Crippen molar-refractivity contribution in [2.24, 2.45) is 0 Å². The predicted octanol–water partition coefficient (Wildman–Crippen LogP) is 4.24. The van der Waals surface area contributed by atoms with Gasteiger partial charge in [0.25, 0.3) is 5.91 Å². The van der Waals surface area contributed by atoms with Gasteiger partial charge < -0.3 is 15.1 Å². The van der Waals surface area contributed by atoms with E-state index in [1.807, 2.05) is 36.1 Å². The number of nitrogens with two attached hydrogens (primary N) is 1. The van der Waals surface area contributed by atoms with Gasteiger partial charge in [0.1, 0.15) is 5.76 Å². The van der Waals surface area contributed by atoms with Gasteiger partial charge in [-0.25, -0.2) is 0 Å². The minimum Gasteiger partial charge on any atom is -0.451 e. The number of likely N-dealkylation sites (tertiary alicyclic amines) is 1. The van der Waals surface area contributed by atoms with Gasteiger partial charge in [-0.3, -0.25) is 4.79 Å². The van der Waals surface area contributed by atoms with Crippen LogP contribution in [0.1, 0.15) is 49.2 Å². The number of carbonyl (C=O) groups excluding carboxylic acids is 1. The minimum absolute atomic E-state index is 0.0162. The van der Waals surface area contributed by atoms with Crippen molar-refractivity contribution >= 4 is 11.6 Å². The minimum atomic E-state index is -0.0162. The lowest BCUT2D eigenvalue weighted by atomic mass is 9.97. The van der Waals surface area contributed by atoms with Gasteiger partial charge in [0.2, 0.25) is 0 Å². The Labute approximate surface area is 137 Å². The lowest BCUT2D eigenvalue weighted by Crippen LogP contribution is -2.47. The first-order chi connectivity index (χ1) is 11.0. The molecule has 0 radical (unpaired) electrons. The molecule has 23 heavy (non-hydrogen) atoms. The number of anilines is 1. The number of nitrogen functional groups attached to an aromatic ring is 1. The fourth-order valence-corrected chi connectivity index (χ4v) is 3.47. The summed E-state index contributed by atoms with van der Waals surface area (Å²) in [6, 6.07) is 9.87. The molecule has 1 fully saturated rings. The molecule has 4 nitrogen and oxygen atoms in total. The molecule has 1 aromatic heterocycles. The molecular weight excluding hydrogens is 288 g/mol. The van der Waals surface area contributed by atoms with Crippen LogP contribution in [0.25, 0.3) is 11.3 Å². The number of hydrogen-bond acceptors (Lipinski definition) is 3. The molecule has 3 rings (SSSR count). The highest BCUT2D eigenvalue weighted by Gasteiger charge is 2.31. The predicted molar refractivity (Wildman–Crippen MR) is 92.2 cm³/mol. The molecule has 1 aliphatic rings. The zero-order chi connectivity index (χ0) is 16.6. The fourth-order valence-electron chi connectivity index (χ4n) is 3.47. The molecule has 0 aliphatic carbocycles. The standard InChI is InChI=1S/C19H24N2O2/c1-12-6-4-7-13(2)21(12)19(22)18-11-10-17(23-18)15-8-5-9-16(20)14(15)3/h5,8-13H,4,6-7,20H2,1-3H3/t12-,13-/m0/s1. The number of nitrogens with zero attached hydrogens (tertiary/aromatic N) is 1. The molecule has 0 bridgehead atoms. The van der Waals surface area contributed by atoms with Crippen molar-refractivity contribution in [2.75, 3.05) is 5.73 Å². The summed E-state index contributed by atoms with van der Waals surface area (Å²) in [5.74, 6) is 1.08. The van der Waals surface area contributed by atoms with Crippen molar-refractivity contribution in [1.29, 1.82) is 0 Å². The Morgan fingerprint density at radius 1 is 1.17 bits per heavy atom. The molecule has 4 heteroatoms. The number of amides is 1. The molecule has 2 N–H and O–H groups in total. The van der Waals surface area contributed by atoms with Gasteiger partial charge in [0.05, 0.1) is 0 Å². The highest BCUT2D eigenvalue weighted by molar-refractivity contribution is 5.92. The van der Waals surface area contributed by atoms with Crippen molar-refractivity contribution in [3.63, 3.8) is 0 Å². The van der Waals surface area contributed by atoms with E-state index >= 15 is 0 Å². The normalized spacial score (nSPS) is 21.4. The van der Waals surface area contributed by atoms with Crippen LogP contribution < -0.4 is 5.73 Å². The first kappa shape index (κ1) is 15.7. The van der Waals surface area contributed by atoms with Gasteiger partial charge in [-0.2, -0.15) is 0 Å². The van der Waals surface area contributed by atoms with Crippen LogP contribution in [-0.4, -0.2) is 22.9 Å². The zero-order valence-electron chi connectivity index (χ0n) is 14.0. The van der Waals surface area contributed by atoms with Gasteiger partial charge in [0.15, 0.2) is 5.76 Å². The van der Waals surface area contributed by atoms with E-state index in [1.165, 1.54) is 6.42 Å². The highest BCUT2D eigenvalue weighted by atomic mass is 16.4. The summed E-state index contributed by atoms with van der Waals surface area (Å²) in [5.41, 5.74) is 8.59. The maximum atomic E-state index is 12.8. The second-order valence-electron chi connectivity index (χ2n) is 6.53. The Morgan fingerprint density at radius 3 is 2.57 bits per heavy atom. The monoisotopic (exact) mass is 312 g/mol. The van der Waals surface area contributed by atoms with Crippen LogP contribution in [0.5, 0.6) is 0 Å². The summed E-state index contributed by atoms with van der Waals surface area (Å²) in [7, 11) is 0. The Bertz CT molecular complexity index is 710. The van der Waals surface area contributed by atoms with E-state index in [2.05, 4.69) is 13.8 Å². The third kappa shape index (κ3) is 2.85. The first-order valence-corrected chi connectivity index (χ1v) is 8.27. The van der Waals surface area contributed by atoms with Crippen molar-refractivity contribution in [3.05, 3.63) is 41.7 Å². The van der Waals surface area contributed by atoms with E-state index < -0.39 is 0 Å². The molecule has 2 heterocycles. The van der Waals surface area contributed by atoms with Crippen molar-refractivity contribution < 1.29 is 9.21 Å². The van der Waals surface area contributed by atoms with Crippen LogP contribution >= 0.6 is 0 Å². The van der Waals surface area contributed by atoms with E-state index in [1.54, 1.807) is 6.07 Å². The van der Waals surface area contributed by atoms with Crippen LogP contribution in [0.3, 0.4) is 0 Å². The maximum Gasteiger partial charge on any atom is 0.290 e. The van der Waals surface area contributed by atoms with Gasteiger partial charge in [-0.1, -0.05) is 12.1 Å². The molecule has 2 atom stereocenters. The van der Waals surface area contributed by atoms with E-state index in [4.69, 9.17) is 10.2 Å². The van der Waals surface area contributed by atoms with Crippen LogP contribution in [0.15, 0.2) is 34.7 Å². The summed E-state index contributed by atoms with van der Waals surface area (Å²) in [4.78, 5) is 14.8. The Morgan fingerprint density at radius 2 is 1.87 bits per heavy atom. The van der Waals surface area contributed by atoms with Gasteiger partial charge >= 0.3 is 0 Å². The quantitative estimate of drug-likeness (QED) is 0.844. The van der Waals surface area contributed by atoms with Crippen LogP contribution in [-0.2, 0) is 0 Å². The van der Waals surface area contributed by atoms with E-state index in [0.29, 0.717) is 11.5 Å². The summed E-state index contributed by atoms with van der Waals surface area (Å²) in [5, 5.41) is 0. The Balaban J connectivity index is 1.89. The Kier molecular flexibility index (Phi) is 4.16. The molecule has 1 amide bonds. The Hall–Kier alpha value is -2.23. The van der Waals surface area contributed by atoms with Gasteiger partial charge in [-0.15, -0.1) is 0 Å². The second-order valence-corrected chi connectivity index (χ2v) is 6.53. The molecular formula is C19H24N2O2. The van der Waals surface area contributed by atoms with Gasteiger partial charge in [-0.05, 0) is 63.8 Å². The number of carbonyl (C=O) groups is 1. The van der Waals surface area contributed by atoms with E-state index in [9.17, 15) is 4.79 Å². The van der Waals surface area contributed by atoms with Crippen LogP contribution in [0.2, 0.25) is 0 Å². The van der Waals surface area contributed by atoms with Gasteiger partial charge in [0, 0.05) is 23.3 Å². The smallest absolute Gasteiger partial charge is 0.290 e. The largest absolute Gasteiger partial charge is 0.451 e. The molecule has 0 unspecified atom stereocenters. The molecule has 1 aliphatic heterocycles. The summed E-state index contributed by atoms with van der Waals surface area (Å²) in [6.45, 7) is 6.18. The van der Waals surface area contributed by atoms with Crippen molar-refractivity contribution in [3.8, 4) is 11.3 Å². The average Bonchev–Trinajstić information content (AvgIpc) is 2.99. The highest BCUT2D eigenvalue weighted by Crippen LogP contribution is 2.30. The lowest BCUT2D eigenvalue weighted by Gasteiger charge is -2.38. The molecule has 122 valence electrons. The molecule has 1 aromatic carbocycles. The molecule has 2 aromatic rings. The number of hydrogen-bond donors (Lipinski definition) is 1.